The van der Waals surface area contributed by atoms with Crippen molar-refractivity contribution in [2.24, 2.45) is 5.92 Å². The molecule has 1 atom stereocenters. The van der Waals surface area contributed by atoms with E-state index in [4.69, 9.17) is 9.47 Å². The third-order valence-electron chi connectivity index (χ3n) is 5.24. The van der Waals surface area contributed by atoms with Crippen LogP contribution in [0.5, 0.6) is 0 Å². The highest BCUT2D eigenvalue weighted by Crippen LogP contribution is 2.33. The van der Waals surface area contributed by atoms with Gasteiger partial charge in [0.05, 0.1) is 12.7 Å². The summed E-state index contributed by atoms with van der Waals surface area (Å²) in [6.45, 7) is 2.90. The molecule has 1 aromatic heterocycles. The molecule has 0 aliphatic carbocycles. The lowest BCUT2D eigenvalue weighted by Gasteiger charge is -2.39. The van der Waals surface area contributed by atoms with E-state index in [0.717, 1.165) is 18.9 Å². The highest BCUT2D eigenvalue weighted by atomic mass is 19.4. The van der Waals surface area contributed by atoms with E-state index in [9.17, 15) is 13.2 Å². The molecule has 2 aromatic rings. The summed E-state index contributed by atoms with van der Waals surface area (Å²) in [6.07, 6.45) is -2.74. The van der Waals surface area contributed by atoms with Crippen LogP contribution in [0.25, 0.3) is 11.4 Å². The summed E-state index contributed by atoms with van der Waals surface area (Å²) in [6, 6.07) is 9.78. The molecule has 0 amide bonds. The molecule has 8 heteroatoms. The predicted octanol–water partition coefficient (Wildman–Crippen LogP) is 3.79. The minimum atomic E-state index is -4.53. The molecule has 2 saturated heterocycles. The molecule has 3 heterocycles. The van der Waals surface area contributed by atoms with Crippen molar-refractivity contribution in [2.45, 2.75) is 25.1 Å². The average molecular weight is 393 g/mol. The number of ether oxygens (including phenoxy) is 2. The Balaban J connectivity index is 1.64. The molecule has 2 aliphatic heterocycles. The van der Waals surface area contributed by atoms with Crippen LogP contribution in [0.15, 0.2) is 36.4 Å². The van der Waals surface area contributed by atoms with Gasteiger partial charge in [0.25, 0.3) is 0 Å². The molecule has 2 fully saturated rings. The number of alkyl halides is 3. The molecule has 0 saturated carbocycles. The van der Waals surface area contributed by atoms with Crippen molar-refractivity contribution in [1.82, 2.24) is 9.97 Å². The van der Waals surface area contributed by atoms with E-state index in [1.165, 1.54) is 0 Å². The lowest BCUT2D eigenvalue weighted by molar-refractivity contribution is -0.141. The normalized spacial score (nSPS) is 21.7. The molecule has 0 radical (unpaired) electrons. The topological polar surface area (TPSA) is 47.5 Å². The zero-order chi connectivity index (χ0) is 19.6. The number of benzene rings is 1. The van der Waals surface area contributed by atoms with Gasteiger partial charge < -0.3 is 14.4 Å². The van der Waals surface area contributed by atoms with E-state index in [0.29, 0.717) is 50.2 Å². The van der Waals surface area contributed by atoms with E-state index >= 15 is 0 Å². The fourth-order valence-electron chi connectivity index (χ4n) is 3.71. The molecule has 2 aliphatic rings. The molecule has 0 N–H and O–H groups in total. The van der Waals surface area contributed by atoms with Crippen LogP contribution in [0, 0.1) is 5.92 Å². The Morgan fingerprint density at radius 2 is 1.75 bits per heavy atom. The second kappa shape index (κ2) is 8.05. The van der Waals surface area contributed by atoms with Crippen LogP contribution in [0.4, 0.5) is 19.0 Å². The van der Waals surface area contributed by atoms with Gasteiger partial charge in [0.1, 0.15) is 5.82 Å². The number of nitrogens with zero attached hydrogens (tertiary/aromatic N) is 3. The molecule has 0 spiro atoms. The van der Waals surface area contributed by atoms with Gasteiger partial charge in [-0.2, -0.15) is 13.2 Å². The number of morpholine rings is 1. The van der Waals surface area contributed by atoms with Gasteiger partial charge in [-0.25, -0.2) is 9.97 Å². The van der Waals surface area contributed by atoms with E-state index in [1.807, 2.05) is 4.90 Å². The maximum absolute atomic E-state index is 13.5. The number of aromatic nitrogens is 2. The van der Waals surface area contributed by atoms with Gasteiger partial charge in [-0.3, -0.25) is 0 Å². The summed E-state index contributed by atoms with van der Waals surface area (Å²) >= 11 is 0. The predicted molar refractivity (Wildman–Crippen MR) is 98.0 cm³/mol. The second-order valence-electron chi connectivity index (χ2n) is 7.10. The van der Waals surface area contributed by atoms with Crippen molar-refractivity contribution in [3.05, 3.63) is 42.1 Å². The molecular weight excluding hydrogens is 371 g/mol. The van der Waals surface area contributed by atoms with Crippen molar-refractivity contribution in [3.63, 3.8) is 0 Å². The molecule has 5 nitrogen and oxygen atoms in total. The van der Waals surface area contributed by atoms with Gasteiger partial charge in [0.15, 0.2) is 11.5 Å². The van der Waals surface area contributed by atoms with Crippen molar-refractivity contribution in [2.75, 3.05) is 37.8 Å². The van der Waals surface area contributed by atoms with Crippen molar-refractivity contribution in [3.8, 4) is 11.4 Å². The number of halogens is 3. The molecule has 150 valence electrons. The van der Waals surface area contributed by atoms with Gasteiger partial charge in [0.2, 0.25) is 0 Å². The Kier molecular flexibility index (Phi) is 5.50. The fourth-order valence-corrected chi connectivity index (χ4v) is 3.71. The third-order valence-corrected chi connectivity index (χ3v) is 5.24. The standard InChI is InChI=1S/C20H22F3N3O2/c21-20(22,23)17-12-18(25-19(24-17)15-4-2-1-3-5-15)26-8-11-28-16(13-26)14-6-9-27-10-7-14/h1-5,12,14,16H,6-11,13H2. The maximum atomic E-state index is 13.5. The third kappa shape index (κ3) is 4.28. The monoisotopic (exact) mass is 393 g/mol. The van der Waals surface area contributed by atoms with E-state index in [2.05, 4.69) is 9.97 Å². The van der Waals surface area contributed by atoms with Gasteiger partial charge >= 0.3 is 6.18 Å². The highest BCUT2D eigenvalue weighted by Gasteiger charge is 2.36. The van der Waals surface area contributed by atoms with Crippen molar-refractivity contribution >= 4 is 5.82 Å². The van der Waals surface area contributed by atoms with Crippen molar-refractivity contribution < 1.29 is 22.6 Å². The molecule has 1 aromatic carbocycles. The van der Waals surface area contributed by atoms with Crippen LogP contribution in [-0.2, 0) is 15.7 Å². The number of hydrogen-bond donors (Lipinski definition) is 0. The average Bonchev–Trinajstić information content (AvgIpc) is 2.74. The Labute approximate surface area is 161 Å². The van der Waals surface area contributed by atoms with Crippen molar-refractivity contribution in [1.29, 1.82) is 0 Å². The molecule has 1 unspecified atom stereocenters. The lowest BCUT2D eigenvalue weighted by atomic mass is 9.93. The summed E-state index contributed by atoms with van der Waals surface area (Å²) in [4.78, 5) is 10.1. The minimum absolute atomic E-state index is 0.0258. The van der Waals surface area contributed by atoms with Gasteiger partial charge in [-0.15, -0.1) is 0 Å². The SMILES string of the molecule is FC(F)(F)c1cc(N2CCOC(C3CCOCC3)C2)nc(-c2ccccc2)n1. The Bertz CT molecular complexity index is 795. The highest BCUT2D eigenvalue weighted by molar-refractivity contribution is 5.58. The summed E-state index contributed by atoms with van der Waals surface area (Å²) < 4.78 is 51.7. The first-order valence-corrected chi connectivity index (χ1v) is 9.47. The second-order valence-corrected chi connectivity index (χ2v) is 7.10. The van der Waals surface area contributed by atoms with Gasteiger partial charge in [-0.1, -0.05) is 30.3 Å². The number of hydrogen-bond acceptors (Lipinski definition) is 5. The van der Waals surface area contributed by atoms with Crippen LogP contribution in [-0.4, -0.2) is 49.0 Å². The first kappa shape index (κ1) is 19.1. The van der Waals surface area contributed by atoms with E-state index in [-0.39, 0.29) is 11.9 Å². The minimum Gasteiger partial charge on any atom is -0.381 e. The number of anilines is 1. The molecular formula is C20H22F3N3O2. The van der Waals surface area contributed by atoms with E-state index < -0.39 is 11.9 Å². The fraction of sp³-hybridized carbons (Fsp3) is 0.500. The zero-order valence-corrected chi connectivity index (χ0v) is 15.4. The van der Waals surface area contributed by atoms with Crippen LogP contribution < -0.4 is 4.90 Å². The quantitative estimate of drug-likeness (QED) is 0.794. The summed E-state index contributed by atoms with van der Waals surface area (Å²) in [5.74, 6) is 0.732. The zero-order valence-electron chi connectivity index (χ0n) is 15.4. The van der Waals surface area contributed by atoms with Crippen LogP contribution in [0.1, 0.15) is 18.5 Å². The summed E-state index contributed by atoms with van der Waals surface area (Å²) in [7, 11) is 0. The summed E-state index contributed by atoms with van der Waals surface area (Å²) in [5.41, 5.74) is -0.366. The first-order chi connectivity index (χ1) is 13.5. The van der Waals surface area contributed by atoms with E-state index in [1.54, 1.807) is 30.3 Å². The molecule has 4 rings (SSSR count). The summed E-state index contributed by atoms with van der Waals surface area (Å²) in [5, 5.41) is 0. The molecule has 0 bridgehead atoms. The first-order valence-electron chi connectivity index (χ1n) is 9.47. The smallest absolute Gasteiger partial charge is 0.381 e. The molecule has 28 heavy (non-hydrogen) atoms. The van der Waals surface area contributed by atoms with Gasteiger partial charge in [0, 0.05) is 37.9 Å². The Morgan fingerprint density at radius 3 is 2.46 bits per heavy atom. The largest absolute Gasteiger partial charge is 0.433 e. The number of rotatable bonds is 3. The Hall–Kier alpha value is -2.19. The van der Waals surface area contributed by atoms with Gasteiger partial charge in [-0.05, 0) is 18.8 Å². The lowest BCUT2D eigenvalue weighted by Crippen LogP contribution is -2.47. The Morgan fingerprint density at radius 1 is 1.00 bits per heavy atom. The van der Waals surface area contributed by atoms with Crippen LogP contribution in [0.3, 0.4) is 0 Å². The van der Waals surface area contributed by atoms with Crippen LogP contribution in [0.2, 0.25) is 0 Å². The maximum Gasteiger partial charge on any atom is 0.433 e. The van der Waals surface area contributed by atoms with Crippen LogP contribution >= 0.6 is 0 Å².